The molecule has 0 aromatic heterocycles. The van der Waals surface area contributed by atoms with Crippen LogP contribution in [0.1, 0.15) is 22.7 Å². The Hall–Kier alpha value is -2.70. The topological polar surface area (TPSA) is 78.7 Å². The second kappa shape index (κ2) is 8.99. The van der Waals surface area contributed by atoms with Crippen LogP contribution in [0.4, 0.5) is 5.69 Å². The van der Waals surface area contributed by atoms with Gasteiger partial charge in [0, 0.05) is 31.9 Å². The van der Waals surface area contributed by atoms with Gasteiger partial charge in [0.2, 0.25) is 11.8 Å². The standard InChI is InChI=1S/C22H28N4O2/c1-16-7-6-10-19(17(16)2)24-20(27)15-25-11-13-26(14-12-25)21(22(23)28)18-8-4-3-5-9-18/h3-10,21H,11-15H2,1-2H3,(H2,23,28)(H,24,27). The van der Waals surface area contributed by atoms with Crippen LogP contribution in [-0.2, 0) is 9.59 Å². The smallest absolute Gasteiger partial charge is 0.239 e. The van der Waals surface area contributed by atoms with E-state index in [1.54, 1.807) is 0 Å². The third-order valence-electron chi connectivity index (χ3n) is 5.40. The molecule has 0 aliphatic carbocycles. The molecule has 2 aromatic rings. The van der Waals surface area contributed by atoms with Crippen LogP contribution in [0.2, 0.25) is 0 Å². The highest BCUT2D eigenvalue weighted by Crippen LogP contribution is 2.22. The lowest BCUT2D eigenvalue weighted by atomic mass is 10.0. The number of nitrogens with zero attached hydrogens (tertiary/aromatic N) is 2. The monoisotopic (exact) mass is 380 g/mol. The van der Waals surface area contributed by atoms with Gasteiger partial charge in [-0.05, 0) is 36.6 Å². The number of hydrogen-bond acceptors (Lipinski definition) is 4. The normalized spacial score (nSPS) is 16.5. The highest BCUT2D eigenvalue weighted by atomic mass is 16.2. The number of nitrogens with two attached hydrogens (primary N) is 1. The number of piperazine rings is 1. The molecule has 1 atom stereocenters. The van der Waals surface area contributed by atoms with E-state index >= 15 is 0 Å². The molecule has 1 aliphatic rings. The first-order valence-corrected chi connectivity index (χ1v) is 9.62. The average molecular weight is 380 g/mol. The molecule has 1 saturated heterocycles. The third-order valence-corrected chi connectivity index (χ3v) is 5.40. The molecule has 6 nitrogen and oxygen atoms in total. The number of carbonyl (C=O) groups excluding carboxylic acids is 2. The third kappa shape index (κ3) is 4.77. The summed E-state index contributed by atoms with van der Waals surface area (Å²) >= 11 is 0. The minimum absolute atomic E-state index is 0.0170. The Bertz CT molecular complexity index is 830. The van der Waals surface area contributed by atoms with E-state index in [1.165, 1.54) is 0 Å². The van der Waals surface area contributed by atoms with Crippen LogP contribution >= 0.6 is 0 Å². The van der Waals surface area contributed by atoms with E-state index in [4.69, 9.17) is 5.73 Å². The van der Waals surface area contributed by atoms with E-state index in [0.29, 0.717) is 19.6 Å². The summed E-state index contributed by atoms with van der Waals surface area (Å²) in [4.78, 5) is 28.7. The van der Waals surface area contributed by atoms with Crippen molar-refractivity contribution in [2.75, 3.05) is 38.0 Å². The molecule has 1 heterocycles. The van der Waals surface area contributed by atoms with Gasteiger partial charge in [-0.2, -0.15) is 0 Å². The Morgan fingerprint density at radius 2 is 1.68 bits per heavy atom. The fraction of sp³-hybridized carbons (Fsp3) is 0.364. The minimum atomic E-state index is -0.424. The molecule has 0 bridgehead atoms. The van der Waals surface area contributed by atoms with E-state index in [1.807, 2.05) is 62.4 Å². The predicted molar refractivity (Wildman–Crippen MR) is 111 cm³/mol. The van der Waals surface area contributed by atoms with Crippen molar-refractivity contribution in [1.82, 2.24) is 9.80 Å². The van der Waals surface area contributed by atoms with Gasteiger partial charge in [-0.15, -0.1) is 0 Å². The molecular weight excluding hydrogens is 352 g/mol. The molecule has 1 unspecified atom stereocenters. The molecule has 28 heavy (non-hydrogen) atoms. The van der Waals surface area contributed by atoms with E-state index in [2.05, 4.69) is 15.1 Å². The van der Waals surface area contributed by atoms with Crippen molar-refractivity contribution in [3.63, 3.8) is 0 Å². The van der Waals surface area contributed by atoms with Crippen LogP contribution < -0.4 is 11.1 Å². The number of hydrogen-bond donors (Lipinski definition) is 2. The number of nitrogens with one attached hydrogen (secondary N) is 1. The molecule has 3 N–H and O–H groups in total. The molecule has 1 aliphatic heterocycles. The first-order valence-electron chi connectivity index (χ1n) is 9.62. The van der Waals surface area contributed by atoms with Crippen LogP contribution in [0.15, 0.2) is 48.5 Å². The van der Waals surface area contributed by atoms with E-state index in [-0.39, 0.29) is 11.8 Å². The van der Waals surface area contributed by atoms with Gasteiger partial charge in [0.1, 0.15) is 6.04 Å². The summed E-state index contributed by atoms with van der Waals surface area (Å²) in [5.74, 6) is -0.357. The summed E-state index contributed by atoms with van der Waals surface area (Å²) in [6.07, 6.45) is 0. The largest absolute Gasteiger partial charge is 0.368 e. The zero-order valence-corrected chi connectivity index (χ0v) is 16.5. The molecular formula is C22H28N4O2. The van der Waals surface area contributed by atoms with Crippen molar-refractivity contribution in [3.05, 3.63) is 65.2 Å². The number of carbonyl (C=O) groups is 2. The molecule has 2 aromatic carbocycles. The fourth-order valence-corrected chi connectivity index (χ4v) is 3.65. The van der Waals surface area contributed by atoms with Gasteiger partial charge in [0.05, 0.1) is 6.54 Å². The maximum absolute atomic E-state index is 12.4. The van der Waals surface area contributed by atoms with Crippen LogP contribution in [0.3, 0.4) is 0 Å². The number of benzene rings is 2. The lowest BCUT2D eigenvalue weighted by Crippen LogP contribution is -2.51. The van der Waals surface area contributed by atoms with Crippen LogP contribution in [0, 0.1) is 13.8 Å². The minimum Gasteiger partial charge on any atom is -0.368 e. The predicted octanol–water partition coefficient (Wildman–Crippen LogP) is 2.09. The Kier molecular flexibility index (Phi) is 6.44. The van der Waals surface area contributed by atoms with Crippen LogP contribution in [0.5, 0.6) is 0 Å². The second-order valence-corrected chi connectivity index (χ2v) is 7.32. The molecule has 3 rings (SSSR count). The maximum atomic E-state index is 12.4. The number of amides is 2. The molecule has 0 radical (unpaired) electrons. The molecule has 0 spiro atoms. The van der Waals surface area contributed by atoms with E-state index < -0.39 is 6.04 Å². The highest BCUT2D eigenvalue weighted by molar-refractivity contribution is 5.93. The van der Waals surface area contributed by atoms with Gasteiger partial charge in [-0.1, -0.05) is 42.5 Å². The van der Waals surface area contributed by atoms with Gasteiger partial charge < -0.3 is 11.1 Å². The van der Waals surface area contributed by atoms with Crippen molar-refractivity contribution in [2.45, 2.75) is 19.9 Å². The second-order valence-electron chi connectivity index (χ2n) is 7.32. The van der Waals surface area contributed by atoms with Gasteiger partial charge in [-0.25, -0.2) is 0 Å². The number of rotatable bonds is 6. The lowest BCUT2D eigenvalue weighted by molar-refractivity contribution is -0.125. The van der Waals surface area contributed by atoms with Crippen molar-refractivity contribution >= 4 is 17.5 Å². The molecule has 6 heteroatoms. The Morgan fingerprint density at radius 1 is 1.00 bits per heavy atom. The molecule has 1 fully saturated rings. The van der Waals surface area contributed by atoms with Gasteiger partial charge in [0.15, 0.2) is 0 Å². The SMILES string of the molecule is Cc1cccc(NC(=O)CN2CCN(C(C(N)=O)c3ccccc3)CC2)c1C. The summed E-state index contributed by atoms with van der Waals surface area (Å²) in [5.41, 5.74) is 9.69. The summed E-state index contributed by atoms with van der Waals surface area (Å²) in [6.45, 7) is 7.21. The van der Waals surface area contributed by atoms with Gasteiger partial charge in [-0.3, -0.25) is 19.4 Å². The van der Waals surface area contributed by atoms with Gasteiger partial charge >= 0.3 is 0 Å². The quantitative estimate of drug-likeness (QED) is 0.804. The number of anilines is 1. The van der Waals surface area contributed by atoms with Gasteiger partial charge in [0.25, 0.3) is 0 Å². The van der Waals surface area contributed by atoms with E-state index in [9.17, 15) is 9.59 Å². The van der Waals surface area contributed by atoms with Crippen LogP contribution in [-0.4, -0.2) is 54.3 Å². The van der Waals surface area contributed by atoms with E-state index in [0.717, 1.165) is 35.5 Å². The zero-order chi connectivity index (χ0) is 20.1. The lowest BCUT2D eigenvalue weighted by Gasteiger charge is -2.38. The van der Waals surface area contributed by atoms with Crippen molar-refractivity contribution < 1.29 is 9.59 Å². The highest BCUT2D eigenvalue weighted by Gasteiger charge is 2.29. The van der Waals surface area contributed by atoms with Crippen LogP contribution in [0.25, 0.3) is 0 Å². The summed E-state index contributed by atoms with van der Waals surface area (Å²) < 4.78 is 0. The Labute approximate surface area is 166 Å². The number of primary amides is 1. The zero-order valence-electron chi connectivity index (χ0n) is 16.5. The summed E-state index contributed by atoms with van der Waals surface area (Å²) in [6, 6.07) is 15.1. The fourth-order valence-electron chi connectivity index (χ4n) is 3.65. The van der Waals surface area contributed by atoms with Crippen molar-refractivity contribution in [2.24, 2.45) is 5.73 Å². The van der Waals surface area contributed by atoms with Crippen molar-refractivity contribution in [1.29, 1.82) is 0 Å². The summed E-state index contributed by atoms with van der Waals surface area (Å²) in [5, 5.41) is 3.01. The Morgan fingerprint density at radius 3 is 2.32 bits per heavy atom. The average Bonchev–Trinajstić information content (AvgIpc) is 2.67. The Balaban J connectivity index is 1.55. The maximum Gasteiger partial charge on any atom is 0.239 e. The first kappa shape index (κ1) is 20.0. The molecule has 0 saturated carbocycles. The van der Waals surface area contributed by atoms with Crippen molar-refractivity contribution in [3.8, 4) is 0 Å². The molecule has 2 amide bonds. The summed E-state index contributed by atoms with van der Waals surface area (Å²) in [7, 11) is 0. The first-order chi connectivity index (χ1) is 13.5. The number of aryl methyl sites for hydroxylation is 1. The molecule has 148 valence electrons.